The van der Waals surface area contributed by atoms with Gasteiger partial charge in [-0.2, -0.15) is 0 Å². The fourth-order valence-corrected chi connectivity index (χ4v) is 2.13. The molecule has 1 aromatic rings. The molecule has 6 nitrogen and oxygen atoms in total. The summed E-state index contributed by atoms with van der Waals surface area (Å²) in [4.78, 5) is 10.8. The zero-order valence-corrected chi connectivity index (χ0v) is 9.78. The van der Waals surface area contributed by atoms with Gasteiger partial charge >= 0.3 is 5.69 Å². The molecule has 1 N–H and O–H groups in total. The predicted molar refractivity (Wildman–Crippen MR) is 61.6 cm³/mol. The van der Waals surface area contributed by atoms with Gasteiger partial charge in [0.25, 0.3) is 0 Å². The largest absolute Gasteiger partial charge is 0.493 e. The first-order valence-corrected chi connectivity index (χ1v) is 5.31. The second kappa shape index (κ2) is 4.58. The van der Waals surface area contributed by atoms with Crippen LogP contribution in [0.5, 0.6) is 11.5 Å². The summed E-state index contributed by atoms with van der Waals surface area (Å²) in [6, 6.07) is 1.80. The van der Waals surface area contributed by atoms with Crippen LogP contribution in [0.1, 0.15) is 11.1 Å². The SMILES string of the molecule is COc1cc2c(c([N+](=O)[O-])c1OC)CCNC2. The maximum absolute atomic E-state index is 11.2. The molecule has 0 saturated carbocycles. The van der Waals surface area contributed by atoms with Crippen molar-refractivity contribution in [2.45, 2.75) is 13.0 Å². The number of rotatable bonds is 3. The van der Waals surface area contributed by atoms with Gasteiger partial charge < -0.3 is 14.8 Å². The highest BCUT2D eigenvalue weighted by Gasteiger charge is 2.29. The van der Waals surface area contributed by atoms with Crippen molar-refractivity contribution in [3.63, 3.8) is 0 Å². The number of hydrogen-bond acceptors (Lipinski definition) is 5. The van der Waals surface area contributed by atoms with Gasteiger partial charge in [-0.05, 0) is 24.6 Å². The molecule has 1 aliphatic heterocycles. The van der Waals surface area contributed by atoms with Crippen molar-refractivity contribution in [1.29, 1.82) is 0 Å². The van der Waals surface area contributed by atoms with E-state index in [2.05, 4.69) is 5.32 Å². The second-order valence-electron chi connectivity index (χ2n) is 3.78. The van der Waals surface area contributed by atoms with Crippen LogP contribution in [0.2, 0.25) is 0 Å². The first-order valence-electron chi connectivity index (χ1n) is 5.31. The summed E-state index contributed by atoms with van der Waals surface area (Å²) in [6.45, 7) is 1.36. The van der Waals surface area contributed by atoms with E-state index in [0.717, 1.165) is 17.7 Å². The fourth-order valence-electron chi connectivity index (χ4n) is 2.13. The summed E-state index contributed by atoms with van der Waals surface area (Å²) in [6.07, 6.45) is 0.631. The summed E-state index contributed by atoms with van der Waals surface area (Å²) in [5.41, 5.74) is 1.68. The van der Waals surface area contributed by atoms with Gasteiger partial charge in [-0.25, -0.2) is 0 Å². The quantitative estimate of drug-likeness (QED) is 0.633. The molecule has 1 aliphatic rings. The Morgan fingerprint density at radius 1 is 1.41 bits per heavy atom. The smallest absolute Gasteiger partial charge is 0.318 e. The molecule has 92 valence electrons. The Bertz CT molecular complexity index is 445. The van der Waals surface area contributed by atoms with Gasteiger partial charge in [0.05, 0.1) is 19.1 Å². The number of methoxy groups -OCH3 is 2. The zero-order chi connectivity index (χ0) is 12.4. The number of nitrogens with one attached hydrogen (secondary N) is 1. The van der Waals surface area contributed by atoms with Crippen LogP contribution in [0.15, 0.2) is 6.07 Å². The molecule has 0 aliphatic carbocycles. The van der Waals surface area contributed by atoms with Gasteiger partial charge in [0.2, 0.25) is 5.75 Å². The van der Waals surface area contributed by atoms with Gasteiger partial charge in [-0.3, -0.25) is 10.1 Å². The Kier molecular flexibility index (Phi) is 3.14. The van der Waals surface area contributed by atoms with E-state index < -0.39 is 4.92 Å². The predicted octanol–water partition coefficient (Wildman–Crippen LogP) is 1.26. The fraction of sp³-hybridized carbons (Fsp3) is 0.455. The maximum atomic E-state index is 11.2. The summed E-state index contributed by atoms with van der Waals surface area (Å²) < 4.78 is 10.2. The monoisotopic (exact) mass is 238 g/mol. The van der Waals surface area contributed by atoms with Gasteiger partial charge in [0.1, 0.15) is 0 Å². The number of nitro groups is 1. The topological polar surface area (TPSA) is 73.6 Å². The van der Waals surface area contributed by atoms with Crippen molar-refractivity contribution in [2.24, 2.45) is 0 Å². The molecular weight excluding hydrogens is 224 g/mol. The van der Waals surface area contributed by atoms with E-state index >= 15 is 0 Å². The first-order chi connectivity index (χ1) is 8.19. The van der Waals surface area contributed by atoms with E-state index in [0.29, 0.717) is 18.7 Å². The number of hydrogen-bond donors (Lipinski definition) is 1. The minimum absolute atomic E-state index is 0.0309. The van der Waals surface area contributed by atoms with Crippen LogP contribution in [-0.2, 0) is 13.0 Å². The molecule has 0 unspecified atom stereocenters. The molecule has 0 fully saturated rings. The van der Waals surface area contributed by atoms with Crippen LogP contribution in [0.25, 0.3) is 0 Å². The highest BCUT2D eigenvalue weighted by atomic mass is 16.6. The lowest BCUT2D eigenvalue weighted by molar-refractivity contribution is -0.386. The Morgan fingerprint density at radius 2 is 2.18 bits per heavy atom. The lowest BCUT2D eigenvalue weighted by Crippen LogP contribution is -2.24. The van der Waals surface area contributed by atoms with Gasteiger partial charge in [-0.15, -0.1) is 0 Å². The molecule has 6 heteroatoms. The summed E-state index contributed by atoms with van der Waals surface area (Å²) in [5, 5.41) is 14.3. The molecule has 0 amide bonds. The number of nitrogens with zero attached hydrogens (tertiary/aromatic N) is 1. The molecular formula is C11H14N2O4. The van der Waals surface area contributed by atoms with Crippen LogP contribution < -0.4 is 14.8 Å². The van der Waals surface area contributed by atoms with Crippen LogP contribution in [0.3, 0.4) is 0 Å². The van der Waals surface area contributed by atoms with Crippen molar-refractivity contribution >= 4 is 5.69 Å². The van der Waals surface area contributed by atoms with E-state index in [9.17, 15) is 10.1 Å². The molecule has 0 spiro atoms. The maximum Gasteiger partial charge on any atom is 0.318 e. The molecule has 1 heterocycles. The molecule has 1 aromatic carbocycles. The lowest BCUT2D eigenvalue weighted by atomic mass is 9.98. The first kappa shape index (κ1) is 11.7. The van der Waals surface area contributed by atoms with Gasteiger partial charge in [-0.1, -0.05) is 0 Å². The average molecular weight is 238 g/mol. The minimum atomic E-state index is -0.397. The van der Waals surface area contributed by atoms with Crippen LogP contribution >= 0.6 is 0 Å². The van der Waals surface area contributed by atoms with Crippen LogP contribution in [0.4, 0.5) is 5.69 Å². The van der Waals surface area contributed by atoms with Gasteiger partial charge in [0.15, 0.2) is 5.75 Å². The van der Waals surface area contributed by atoms with E-state index in [1.165, 1.54) is 14.2 Å². The Labute approximate surface area is 98.7 Å². The minimum Gasteiger partial charge on any atom is -0.493 e. The normalized spacial score (nSPS) is 14.0. The van der Waals surface area contributed by atoms with Crippen molar-refractivity contribution in [1.82, 2.24) is 5.32 Å². The molecule has 0 saturated heterocycles. The third-order valence-corrected chi connectivity index (χ3v) is 2.89. The van der Waals surface area contributed by atoms with Crippen LogP contribution in [-0.4, -0.2) is 25.7 Å². The highest BCUT2D eigenvalue weighted by Crippen LogP contribution is 2.42. The summed E-state index contributed by atoms with van der Waals surface area (Å²) in [5.74, 6) is 0.611. The van der Waals surface area contributed by atoms with Crippen molar-refractivity contribution in [3.8, 4) is 11.5 Å². The van der Waals surface area contributed by atoms with E-state index in [-0.39, 0.29) is 11.4 Å². The number of ether oxygens (including phenoxy) is 2. The van der Waals surface area contributed by atoms with E-state index in [4.69, 9.17) is 9.47 Å². The van der Waals surface area contributed by atoms with E-state index in [1.54, 1.807) is 6.07 Å². The second-order valence-corrected chi connectivity index (χ2v) is 3.78. The lowest BCUT2D eigenvalue weighted by Gasteiger charge is -2.19. The molecule has 0 atom stereocenters. The third-order valence-electron chi connectivity index (χ3n) is 2.89. The molecule has 0 radical (unpaired) electrons. The summed E-state index contributed by atoms with van der Waals surface area (Å²) >= 11 is 0. The molecule has 17 heavy (non-hydrogen) atoms. The number of benzene rings is 1. The van der Waals surface area contributed by atoms with Gasteiger partial charge in [0, 0.05) is 12.1 Å². The van der Waals surface area contributed by atoms with E-state index in [1.807, 2.05) is 0 Å². The number of nitro benzene ring substituents is 1. The zero-order valence-electron chi connectivity index (χ0n) is 9.78. The van der Waals surface area contributed by atoms with Crippen molar-refractivity contribution in [2.75, 3.05) is 20.8 Å². The molecule has 0 aromatic heterocycles. The third kappa shape index (κ3) is 1.91. The molecule has 0 bridgehead atoms. The van der Waals surface area contributed by atoms with Crippen molar-refractivity contribution < 1.29 is 14.4 Å². The standard InChI is InChI=1S/C11H14N2O4/c1-16-9-5-7-6-12-4-3-8(7)10(13(14)15)11(9)17-2/h5,12H,3-4,6H2,1-2H3. The summed E-state index contributed by atoms with van der Waals surface area (Å²) in [7, 11) is 2.89. The Balaban J connectivity index is 2.69. The average Bonchev–Trinajstić information content (AvgIpc) is 2.35. The Morgan fingerprint density at radius 3 is 2.76 bits per heavy atom. The molecule has 2 rings (SSSR count). The highest BCUT2D eigenvalue weighted by molar-refractivity contribution is 5.64. The number of fused-ring (bicyclic) bond motifs is 1. The van der Waals surface area contributed by atoms with Crippen LogP contribution in [0, 0.1) is 10.1 Å². The van der Waals surface area contributed by atoms with Crippen molar-refractivity contribution in [3.05, 3.63) is 27.3 Å². The Hall–Kier alpha value is -1.82.